The van der Waals surface area contributed by atoms with Gasteiger partial charge in [0.15, 0.2) is 0 Å². The summed E-state index contributed by atoms with van der Waals surface area (Å²) in [4.78, 5) is 11.6. The molecule has 0 aliphatic heterocycles. The van der Waals surface area contributed by atoms with E-state index in [-0.39, 0.29) is 23.6 Å². The molecule has 110 valence electrons. The number of hydrogen-bond donors (Lipinski definition) is 2. The van der Waals surface area contributed by atoms with Crippen LogP contribution in [0.25, 0.3) is 0 Å². The lowest BCUT2D eigenvalue weighted by Crippen LogP contribution is -2.18. The number of hydrogen-bond acceptors (Lipinski definition) is 2. The Labute approximate surface area is 125 Å². The maximum absolute atomic E-state index is 13.5. The largest absolute Gasteiger partial charge is 0.381 e. The lowest BCUT2D eigenvalue weighted by atomic mass is 10.1. The highest BCUT2D eigenvalue weighted by Gasteiger charge is 2.11. The molecule has 0 radical (unpaired) electrons. The van der Waals surface area contributed by atoms with Gasteiger partial charge in [0.05, 0.1) is 10.6 Å². The van der Waals surface area contributed by atoms with Crippen LogP contribution in [0, 0.1) is 11.6 Å². The number of rotatable bonds is 4. The van der Waals surface area contributed by atoms with Crippen molar-refractivity contribution in [3.8, 4) is 0 Å². The molecule has 0 bridgehead atoms. The smallest absolute Gasteiger partial charge is 0.252 e. The fraction of sp³-hybridized carbons (Fsp3) is 0.133. The van der Waals surface area contributed by atoms with Crippen LogP contribution in [0.2, 0.25) is 5.02 Å². The quantitative estimate of drug-likeness (QED) is 0.906. The van der Waals surface area contributed by atoms with Crippen molar-refractivity contribution >= 4 is 23.2 Å². The second kappa shape index (κ2) is 6.54. The molecule has 0 spiro atoms. The first-order chi connectivity index (χ1) is 10.0. The van der Waals surface area contributed by atoms with Crippen molar-refractivity contribution in [3.63, 3.8) is 0 Å². The molecule has 3 nitrogen and oxygen atoms in total. The van der Waals surface area contributed by atoms with Crippen molar-refractivity contribution in [3.05, 3.63) is 64.2 Å². The zero-order valence-electron chi connectivity index (χ0n) is 11.2. The van der Waals surface area contributed by atoms with Gasteiger partial charge in [0, 0.05) is 24.8 Å². The normalized spacial score (nSPS) is 10.3. The van der Waals surface area contributed by atoms with E-state index >= 15 is 0 Å². The zero-order valence-corrected chi connectivity index (χ0v) is 12.0. The SMILES string of the molecule is CNC(=O)c1cc(NCc2c(F)cccc2F)ccc1Cl. The Bertz CT molecular complexity index is 656. The fourth-order valence-corrected chi connectivity index (χ4v) is 2.04. The van der Waals surface area contributed by atoms with Crippen molar-refractivity contribution in [2.24, 2.45) is 0 Å². The second-order valence-corrected chi connectivity index (χ2v) is 4.73. The van der Waals surface area contributed by atoms with Crippen LogP contribution in [0.15, 0.2) is 36.4 Å². The fourth-order valence-electron chi connectivity index (χ4n) is 1.84. The Kier molecular flexibility index (Phi) is 4.75. The maximum atomic E-state index is 13.5. The van der Waals surface area contributed by atoms with Crippen LogP contribution >= 0.6 is 11.6 Å². The van der Waals surface area contributed by atoms with E-state index in [0.717, 1.165) is 0 Å². The van der Waals surface area contributed by atoms with Crippen LogP contribution in [0.4, 0.5) is 14.5 Å². The van der Waals surface area contributed by atoms with Gasteiger partial charge in [-0.3, -0.25) is 4.79 Å². The molecular weight excluding hydrogens is 298 g/mol. The minimum Gasteiger partial charge on any atom is -0.381 e. The van der Waals surface area contributed by atoms with Crippen LogP contribution in [-0.4, -0.2) is 13.0 Å². The van der Waals surface area contributed by atoms with Gasteiger partial charge in [0.25, 0.3) is 5.91 Å². The number of carbonyl (C=O) groups is 1. The number of halogens is 3. The minimum atomic E-state index is -0.622. The lowest BCUT2D eigenvalue weighted by Gasteiger charge is -2.10. The van der Waals surface area contributed by atoms with Gasteiger partial charge in [-0.05, 0) is 30.3 Å². The van der Waals surface area contributed by atoms with E-state index in [1.807, 2.05) is 0 Å². The molecule has 0 fully saturated rings. The summed E-state index contributed by atoms with van der Waals surface area (Å²) >= 11 is 5.93. The molecule has 0 saturated heterocycles. The molecule has 21 heavy (non-hydrogen) atoms. The maximum Gasteiger partial charge on any atom is 0.252 e. The third-order valence-electron chi connectivity index (χ3n) is 2.97. The molecule has 0 aliphatic carbocycles. The summed E-state index contributed by atoms with van der Waals surface area (Å²) in [5.41, 5.74) is 0.771. The molecule has 2 aromatic carbocycles. The Morgan fingerprint density at radius 1 is 1.19 bits per heavy atom. The topological polar surface area (TPSA) is 41.1 Å². The number of nitrogens with one attached hydrogen (secondary N) is 2. The average Bonchev–Trinajstić information content (AvgIpc) is 2.47. The second-order valence-electron chi connectivity index (χ2n) is 4.33. The van der Waals surface area contributed by atoms with E-state index in [4.69, 9.17) is 11.6 Å². The molecular formula is C15H13ClF2N2O. The molecule has 0 aromatic heterocycles. The molecule has 1 amide bonds. The summed E-state index contributed by atoms with van der Waals surface area (Å²) in [6, 6.07) is 8.40. The number of anilines is 1. The van der Waals surface area contributed by atoms with Gasteiger partial charge < -0.3 is 10.6 Å². The van der Waals surface area contributed by atoms with E-state index in [1.54, 1.807) is 12.1 Å². The minimum absolute atomic E-state index is 0.0344. The van der Waals surface area contributed by atoms with E-state index < -0.39 is 11.6 Å². The Hall–Kier alpha value is -2.14. The summed E-state index contributed by atoms with van der Waals surface area (Å²) in [6.07, 6.45) is 0. The van der Waals surface area contributed by atoms with Crippen LogP contribution in [-0.2, 0) is 6.54 Å². The standard InChI is InChI=1S/C15H13ClF2N2O/c1-19-15(21)10-7-9(5-6-12(10)16)20-8-11-13(17)3-2-4-14(11)18/h2-7,20H,8H2,1H3,(H,19,21). The molecule has 0 heterocycles. The Balaban J connectivity index is 2.19. The van der Waals surface area contributed by atoms with E-state index in [0.29, 0.717) is 10.7 Å². The highest BCUT2D eigenvalue weighted by Crippen LogP contribution is 2.22. The van der Waals surface area contributed by atoms with Crippen molar-refractivity contribution in [2.75, 3.05) is 12.4 Å². The lowest BCUT2D eigenvalue weighted by molar-refractivity contribution is 0.0963. The van der Waals surface area contributed by atoms with Gasteiger partial charge in [0.2, 0.25) is 0 Å². The first-order valence-corrected chi connectivity index (χ1v) is 6.59. The summed E-state index contributed by atoms with van der Waals surface area (Å²) in [5.74, 6) is -1.58. The Morgan fingerprint density at radius 2 is 1.86 bits per heavy atom. The van der Waals surface area contributed by atoms with Gasteiger partial charge >= 0.3 is 0 Å². The van der Waals surface area contributed by atoms with Gasteiger partial charge in [-0.25, -0.2) is 8.78 Å². The van der Waals surface area contributed by atoms with Crippen LogP contribution in [0.1, 0.15) is 15.9 Å². The van der Waals surface area contributed by atoms with Crippen molar-refractivity contribution in [1.29, 1.82) is 0 Å². The molecule has 2 aromatic rings. The first-order valence-electron chi connectivity index (χ1n) is 6.21. The van der Waals surface area contributed by atoms with E-state index in [9.17, 15) is 13.6 Å². The van der Waals surface area contributed by atoms with E-state index in [1.165, 1.54) is 31.3 Å². The van der Waals surface area contributed by atoms with Gasteiger partial charge in [-0.15, -0.1) is 0 Å². The van der Waals surface area contributed by atoms with Gasteiger partial charge in [-0.1, -0.05) is 17.7 Å². The molecule has 2 rings (SSSR count). The van der Waals surface area contributed by atoms with Gasteiger partial charge in [0.1, 0.15) is 11.6 Å². The Morgan fingerprint density at radius 3 is 2.48 bits per heavy atom. The average molecular weight is 311 g/mol. The van der Waals surface area contributed by atoms with E-state index in [2.05, 4.69) is 10.6 Å². The van der Waals surface area contributed by atoms with Crippen LogP contribution in [0.3, 0.4) is 0 Å². The van der Waals surface area contributed by atoms with Crippen molar-refractivity contribution < 1.29 is 13.6 Å². The molecule has 0 saturated carbocycles. The summed E-state index contributed by atoms with van der Waals surface area (Å²) < 4.78 is 27.0. The predicted octanol–water partition coefficient (Wildman–Crippen LogP) is 3.59. The van der Waals surface area contributed by atoms with Gasteiger partial charge in [-0.2, -0.15) is 0 Å². The van der Waals surface area contributed by atoms with Crippen molar-refractivity contribution in [1.82, 2.24) is 5.32 Å². The summed E-state index contributed by atoms with van der Waals surface area (Å²) in [6.45, 7) is -0.0344. The third-order valence-corrected chi connectivity index (χ3v) is 3.30. The predicted molar refractivity (Wildman–Crippen MR) is 78.5 cm³/mol. The first kappa shape index (κ1) is 15.3. The number of benzene rings is 2. The number of carbonyl (C=O) groups excluding carboxylic acids is 1. The molecule has 6 heteroatoms. The molecule has 0 aliphatic rings. The molecule has 2 N–H and O–H groups in total. The summed E-state index contributed by atoms with van der Waals surface area (Å²) in [5, 5.41) is 5.64. The third kappa shape index (κ3) is 3.49. The monoisotopic (exact) mass is 310 g/mol. The molecule has 0 atom stereocenters. The molecule has 0 unspecified atom stereocenters. The van der Waals surface area contributed by atoms with Crippen LogP contribution in [0.5, 0.6) is 0 Å². The van der Waals surface area contributed by atoms with Crippen molar-refractivity contribution in [2.45, 2.75) is 6.54 Å². The number of amides is 1. The van der Waals surface area contributed by atoms with Crippen LogP contribution < -0.4 is 10.6 Å². The highest BCUT2D eigenvalue weighted by atomic mass is 35.5. The summed E-state index contributed by atoms with van der Waals surface area (Å²) in [7, 11) is 1.49. The highest BCUT2D eigenvalue weighted by molar-refractivity contribution is 6.34. The zero-order chi connectivity index (χ0) is 15.4.